The lowest BCUT2D eigenvalue weighted by molar-refractivity contribution is -0.150. The van der Waals surface area contributed by atoms with Gasteiger partial charge in [0.15, 0.2) is 0 Å². The molecule has 0 saturated heterocycles. The summed E-state index contributed by atoms with van der Waals surface area (Å²) < 4.78 is 38.4. The number of nitrogens with zero attached hydrogens (tertiary/aromatic N) is 2. The van der Waals surface area contributed by atoms with Gasteiger partial charge < -0.3 is 29.9 Å². The number of amides is 2. The number of carbonyl (C=O) groups is 3. The van der Waals surface area contributed by atoms with Crippen molar-refractivity contribution >= 4 is 39.6 Å². The fourth-order valence-electron chi connectivity index (χ4n) is 3.61. The quantitative estimate of drug-likeness (QED) is 0.0529. The van der Waals surface area contributed by atoms with Crippen LogP contribution in [0.2, 0.25) is 0 Å². The minimum Gasteiger partial charge on any atom is -0.428 e. The van der Waals surface area contributed by atoms with Crippen LogP contribution in [-0.2, 0) is 46.9 Å². The molecule has 0 aliphatic heterocycles. The molecule has 3 aromatic rings. The van der Waals surface area contributed by atoms with E-state index in [9.17, 15) is 27.6 Å². The molecule has 0 radical (unpaired) electrons. The molecule has 2 amide bonds. The Morgan fingerprint density at radius 3 is 2.45 bits per heavy atom. The van der Waals surface area contributed by atoms with Crippen molar-refractivity contribution in [2.75, 3.05) is 24.7 Å². The van der Waals surface area contributed by atoms with Crippen LogP contribution in [0.4, 0.5) is 10.5 Å². The SMILES string of the molecule is Cc1cccc(S(=O)(=O)Nc2ccc(C)n(CC(=O)NCCO/N=C(\N)NC(=O)OCOC(=O)Cc3ccccc3)c2=O)c1. The number of aryl methyl sites for hydroxylation is 2. The molecule has 0 aliphatic rings. The molecule has 234 valence electrons. The average molecular weight is 629 g/mol. The van der Waals surface area contributed by atoms with Crippen molar-refractivity contribution in [2.24, 2.45) is 10.9 Å². The first-order valence-electron chi connectivity index (χ1n) is 13.1. The molecule has 0 atom stereocenters. The first kappa shape index (κ1) is 33.1. The summed E-state index contributed by atoms with van der Waals surface area (Å²) in [6.07, 6.45) is -1.03. The molecule has 16 heteroatoms. The van der Waals surface area contributed by atoms with E-state index in [4.69, 9.17) is 15.3 Å². The van der Waals surface area contributed by atoms with Crippen LogP contribution >= 0.6 is 0 Å². The Bertz CT molecular complexity index is 1670. The molecule has 44 heavy (non-hydrogen) atoms. The number of pyridine rings is 1. The number of rotatable bonds is 13. The molecule has 0 saturated carbocycles. The second-order valence-corrected chi connectivity index (χ2v) is 10.9. The summed E-state index contributed by atoms with van der Waals surface area (Å²) in [5.74, 6) is -1.60. The highest BCUT2D eigenvalue weighted by Crippen LogP contribution is 2.15. The number of sulfonamides is 1. The number of oxime groups is 1. The third-order valence-corrected chi connectivity index (χ3v) is 7.11. The van der Waals surface area contributed by atoms with E-state index in [0.717, 1.165) is 15.7 Å². The van der Waals surface area contributed by atoms with Gasteiger partial charge in [0.2, 0.25) is 18.7 Å². The molecular formula is C28H32N6O9S. The minimum absolute atomic E-state index is 0.00260. The molecule has 5 N–H and O–H groups in total. The Morgan fingerprint density at radius 1 is 0.977 bits per heavy atom. The van der Waals surface area contributed by atoms with Gasteiger partial charge in [-0.1, -0.05) is 42.5 Å². The van der Waals surface area contributed by atoms with Gasteiger partial charge in [-0.3, -0.25) is 24.4 Å². The molecule has 0 spiro atoms. The van der Waals surface area contributed by atoms with E-state index in [1.165, 1.54) is 24.3 Å². The summed E-state index contributed by atoms with van der Waals surface area (Å²) in [6.45, 7) is 2.13. The molecule has 0 bridgehead atoms. The van der Waals surface area contributed by atoms with Crippen molar-refractivity contribution in [1.29, 1.82) is 0 Å². The lowest BCUT2D eigenvalue weighted by Crippen LogP contribution is -2.38. The van der Waals surface area contributed by atoms with Crippen molar-refractivity contribution in [3.05, 3.63) is 93.9 Å². The highest BCUT2D eigenvalue weighted by Gasteiger charge is 2.18. The van der Waals surface area contributed by atoms with Crippen LogP contribution in [-0.4, -0.2) is 56.9 Å². The van der Waals surface area contributed by atoms with E-state index in [-0.39, 0.29) is 36.7 Å². The van der Waals surface area contributed by atoms with Gasteiger partial charge in [-0.15, -0.1) is 0 Å². The summed E-state index contributed by atoms with van der Waals surface area (Å²) in [5.41, 5.74) is 6.51. The molecular weight excluding hydrogens is 596 g/mol. The molecule has 0 fully saturated rings. The highest BCUT2D eigenvalue weighted by atomic mass is 32.2. The number of guanidine groups is 1. The Morgan fingerprint density at radius 2 is 1.73 bits per heavy atom. The van der Waals surface area contributed by atoms with E-state index in [1.807, 2.05) is 6.07 Å². The van der Waals surface area contributed by atoms with Crippen LogP contribution in [0.1, 0.15) is 16.8 Å². The normalized spacial score (nSPS) is 11.3. The van der Waals surface area contributed by atoms with Gasteiger partial charge in [-0.25, -0.2) is 13.2 Å². The van der Waals surface area contributed by atoms with Crippen molar-refractivity contribution in [3.63, 3.8) is 0 Å². The van der Waals surface area contributed by atoms with Gasteiger partial charge in [0.1, 0.15) is 18.8 Å². The summed E-state index contributed by atoms with van der Waals surface area (Å²) >= 11 is 0. The second kappa shape index (κ2) is 15.7. The van der Waals surface area contributed by atoms with Crippen LogP contribution in [0.15, 0.2) is 81.6 Å². The molecule has 1 heterocycles. The zero-order valence-electron chi connectivity index (χ0n) is 23.9. The average Bonchev–Trinajstić information content (AvgIpc) is 2.97. The van der Waals surface area contributed by atoms with Gasteiger partial charge in [0.25, 0.3) is 15.6 Å². The van der Waals surface area contributed by atoms with Crippen molar-refractivity contribution < 1.29 is 37.1 Å². The Labute approximate surface area is 253 Å². The summed E-state index contributed by atoms with van der Waals surface area (Å²) in [5, 5.41) is 8.03. The van der Waals surface area contributed by atoms with Gasteiger partial charge in [0, 0.05) is 5.69 Å². The van der Waals surface area contributed by atoms with Crippen LogP contribution in [0.5, 0.6) is 0 Å². The lowest BCUT2D eigenvalue weighted by atomic mass is 10.2. The fourth-order valence-corrected chi connectivity index (χ4v) is 4.77. The Kier molecular flexibility index (Phi) is 11.8. The number of alkyl carbamates (subject to hydrolysis) is 1. The first-order chi connectivity index (χ1) is 20.9. The largest absolute Gasteiger partial charge is 0.428 e. The molecule has 0 unspecified atom stereocenters. The van der Waals surface area contributed by atoms with Crippen LogP contribution < -0.4 is 26.6 Å². The predicted molar refractivity (Wildman–Crippen MR) is 159 cm³/mol. The maximum atomic E-state index is 12.9. The third kappa shape index (κ3) is 10.5. The minimum atomic E-state index is -4.03. The number of hydrogen-bond donors (Lipinski definition) is 4. The summed E-state index contributed by atoms with van der Waals surface area (Å²) in [4.78, 5) is 53.8. The van der Waals surface area contributed by atoms with Gasteiger partial charge in [-0.2, -0.15) is 0 Å². The topological polar surface area (TPSA) is 210 Å². The van der Waals surface area contributed by atoms with Crippen molar-refractivity contribution in [3.8, 4) is 0 Å². The number of nitrogens with two attached hydrogens (primary N) is 1. The maximum Gasteiger partial charge on any atom is 0.416 e. The summed E-state index contributed by atoms with van der Waals surface area (Å²) in [7, 11) is -4.03. The van der Waals surface area contributed by atoms with Crippen LogP contribution in [0, 0.1) is 13.8 Å². The number of carbonyl (C=O) groups excluding carboxylic acids is 3. The smallest absolute Gasteiger partial charge is 0.416 e. The zero-order valence-corrected chi connectivity index (χ0v) is 24.8. The number of ether oxygens (including phenoxy) is 2. The number of benzene rings is 2. The Balaban J connectivity index is 1.39. The number of nitrogens with one attached hydrogen (secondary N) is 3. The maximum absolute atomic E-state index is 12.9. The number of aromatic nitrogens is 1. The zero-order chi connectivity index (χ0) is 32.1. The Hall–Kier alpha value is -5.38. The standard InChI is InChI=1S/C28H32N6O9S/c1-19-7-6-10-22(15-19)44(39,40)33-23-12-11-20(2)34(26(23)37)17-24(35)30-13-14-43-32-27(29)31-28(38)42-18-41-25(36)16-21-8-4-3-5-9-21/h3-12,15,33H,13-14,16-18H2,1-2H3,(H,30,35)(H3,29,31,32,38). The van der Waals surface area contributed by atoms with Gasteiger partial charge in [0.05, 0.1) is 17.9 Å². The third-order valence-electron chi connectivity index (χ3n) is 5.75. The molecule has 2 aromatic carbocycles. The molecule has 1 aromatic heterocycles. The van der Waals surface area contributed by atoms with E-state index in [1.54, 1.807) is 50.2 Å². The van der Waals surface area contributed by atoms with Crippen molar-refractivity contribution in [1.82, 2.24) is 15.2 Å². The molecule has 3 rings (SSSR count). The predicted octanol–water partition coefficient (Wildman–Crippen LogP) is 1.10. The van der Waals surface area contributed by atoms with E-state index in [0.29, 0.717) is 5.69 Å². The number of esters is 1. The molecule has 0 aliphatic carbocycles. The number of anilines is 1. The monoisotopic (exact) mass is 628 g/mol. The van der Waals surface area contributed by atoms with Gasteiger partial charge in [-0.05, 0) is 54.4 Å². The van der Waals surface area contributed by atoms with Crippen LogP contribution in [0.25, 0.3) is 0 Å². The number of hydrogen-bond acceptors (Lipinski definition) is 10. The van der Waals surface area contributed by atoms with Crippen LogP contribution in [0.3, 0.4) is 0 Å². The first-order valence-corrected chi connectivity index (χ1v) is 14.6. The van der Waals surface area contributed by atoms with E-state index < -0.39 is 46.3 Å². The van der Waals surface area contributed by atoms with Crippen molar-refractivity contribution in [2.45, 2.75) is 31.7 Å². The highest BCUT2D eigenvalue weighted by molar-refractivity contribution is 7.92. The lowest BCUT2D eigenvalue weighted by Gasteiger charge is -2.13. The van der Waals surface area contributed by atoms with Gasteiger partial charge >= 0.3 is 12.1 Å². The summed E-state index contributed by atoms with van der Waals surface area (Å²) in [6, 6.07) is 17.9. The van der Waals surface area contributed by atoms with E-state index >= 15 is 0 Å². The molecule has 15 nitrogen and oxygen atoms in total. The fraction of sp³-hybridized carbons (Fsp3) is 0.250. The second-order valence-electron chi connectivity index (χ2n) is 9.21. The van der Waals surface area contributed by atoms with E-state index in [2.05, 4.69) is 25.2 Å².